The number of ether oxygens (including phenoxy) is 1. The number of aliphatic hydroxyl groups is 1. The van der Waals surface area contributed by atoms with E-state index in [2.05, 4.69) is 62.1 Å². The Morgan fingerprint density at radius 3 is 1.93 bits per heavy atom. The maximum absolute atomic E-state index is 11.0. The molecule has 4 rings (SSSR count). The van der Waals surface area contributed by atoms with Crippen LogP contribution in [0.4, 0.5) is 0 Å². The molecule has 1 fully saturated rings. The van der Waals surface area contributed by atoms with Gasteiger partial charge in [0, 0.05) is 36.7 Å². The van der Waals surface area contributed by atoms with Crippen LogP contribution in [0.25, 0.3) is 0 Å². The summed E-state index contributed by atoms with van der Waals surface area (Å²) >= 11 is 0. The van der Waals surface area contributed by atoms with Gasteiger partial charge in [0.2, 0.25) is 0 Å². The molecule has 0 unspecified atom stereocenters. The molecule has 4 heteroatoms. The van der Waals surface area contributed by atoms with E-state index < -0.39 is 5.60 Å². The van der Waals surface area contributed by atoms with E-state index in [1.165, 1.54) is 11.1 Å². The van der Waals surface area contributed by atoms with Crippen molar-refractivity contribution in [3.8, 4) is 11.5 Å². The fourth-order valence-electron chi connectivity index (χ4n) is 4.32. The Hall–Kier alpha value is -1.55. The summed E-state index contributed by atoms with van der Waals surface area (Å²) in [5, 5.41) is 11.0. The van der Waals surface area contributed by atoms with Gasteiger partial charge in [0.1, 0.15) is 11.5 Å². The Labute approximate surface area is 168 Å². The molecule has 1 saturated heterocycles. The summed E-state index contributed by atoms with van der Waals surface area (Å²) < 4.78 is 6.12. The molecule has 2 aliphatic heterocycles. The average Bonchev–Trinajstić information content (AvgIpc) is 2.62. The van der Waals surface area contributed by atoms with Gasteiger partial charge in [-0.3, -0.25) is 0 Å². The van der Waals surface area contributed by atoms with Crippen molar-refractivity contribution in [3.05, 3.63) is 59.7 Å². The van der Waals surface area contributed by atoms with Crippen molar-refractivity contribution >= 4 is 12.4 Å². The summed E-state index contributed by atoms with van der Waals surface area (Å²) in [4.78, 5) is 2.50. The van der Waals surface area contributed by atoms with Crippen LogP contribution in [0.15, 0.2) is 48.5 Å². The molecule has 27 heavy (non-hydrogen) atoms. The van der Waals surface area contributed by atoms with E-state index in [4.69, 9.17) is 4.74 Å². The number of halogens is 1. The SMILES string of the molecule is CC(C)(C)C1(O)CCN(CC2c3ccccc3Oc3ccccc32)CC1.Cl. The lowest BCUT2D eigenvalue weighted by Crippen LogP contribution is -2.52. The third kappa shape index (κ3) is 3.73. The zero-order chi connectivity index (χ0) is 18.4. The van der Waals surface area contributed by atoms with E-state index in [1.807, 2.05) is 12.1 Å². The second kappa shape index (κ2) is 7.46. The summed E-state index contributed by atoms with van der Waals surface area (Å²) in [7, 11) is 0. The highest BCUT2D eigenvalue weighted by Crippen LogP contribution is 2.45. The number of piperidine rings is 1. The molecule has 2 aromatic rings. The maximum atomic E-state index is 11.0. The predicted octanol–water partition coefficient (Wildman–Crippen LogP) is 5.22. The summed E-state index contributed by atoms with van der Waals surface area (Å²) in [6, 6.07) is 16.8. The molecule has 0 bridgehead atoms. The third-order valence-corrected chi connectivity index (χ3v) is 6.33. The molecule has 0 saturated carbocycles. The van der Waals surface area contributed by atoms with Crippen molar-refractivity contribution in [1.29, 1.82) is 0 Å². The highest BCUT2D eigenvalue weighted by molar-refractivity contribution is 5.85. The van der Waals surface area contributed by atoms with Gasteiger partial charge in [-0.15, -0.1) is 12.4 Å². The number of nitrogens with zero attached hydrogens (tertiary/aromatic N) is 1. The molecule has 0 spiro atoms. The van der Waals surface area contributed by atoms with Gasteiger partial charge in [0.25, 0.3) is 0 Å². The van der Waals surface area contributed by atoms with Gasteiger partial charge >= 0.3 is 0 Å². The number of hydrogen-bond donors (Lipinski definition) is 1. The summed E-state index contributed by atoms with van der Waals surface area (Å²) in [6.45, 7) is 9.29. The smallest absolute Gasteiger partial charge is 0.131 e. The van der Waals surface area contributed by atoms with Crippen molar-refractivity contribution in [2.45, 2.75) is 45.1 Å². The number of likely N-dealkylation sites (tertiary alicyclic amines) is 1. The average molecular weight is 388 g/mol. The van der Waals surface area contributed by atoms with Crippen molar-refractivity contribution in [1.82, 2.24) is 4.90 Å². The van der Waals surface area contributed by atoms with Crippen LogP contribution in [-0.4, -0.2) is 35.2 Å². The van der Waals surface area contributed by atoms with Gasteiger partial charge in [-0.1, -0.05) is 57.2 Å². The van der Waals surface area contributed by atoms with E-state index in [0.717, 1.165) is 44.0 Å². The fraction of sp³-hybridized carbons (Fsp3) is 0.478. The Morgan fingerprint density at radius 1 is 0.963 bits per heavy atom. The van der Waals surface area contributed by atoms with Crippen LogP contribution >= 0.6 is 12.4 Å². The van der Waals surface area contributed by atoms with Crippen LogP contribution < -0.4 is 4.74 Å². The molecule has 146 valence electrons. The zero-order valence-corrected chi connectivity index (χ0v) is 17.3. The second-order valence-corrected chi connectivity index (χ2v) is 8.81. The van der Waals surface area contributed by atoms with Crippen LogP contribution in [0.5, 0.6) is 11.5 Å². The van der Waals surface area contributed by atoms with Crippen LogP contribution in [0.2, 0.25) is 0 Å². The lowest BCUT2D eigenvalue weighted by atomic mass is 9.71. The highest BCUT2D eigenvalue weighted by Gasteiger charge is 2.42. The molecular formula is C23H30ClNO2. The van der Waals surface area contributed by atoms with Crippen molar-refractivity contribution in [2.75, 3.05) is 19.6 Å². The van der Waals surface area contributed by atoms with Crippen molar-refractivity contribution < 1.29 is 9.84 Å². The van der Waals surface area contributed by atoms with Crippen molar-refractivity contribution in [3.63, 3.8) is 0 Å². The number of benzene rings is 2. The van der Waals surface area contributed by atoms with E-state index >= 15 is 0 Å². The van der Waals surface area contributed by atoms with Gasteiger partial charge in [0.05, 0.1) is 5.60 Å². The maximum Gasteiger partial charge on any atom is 0.131 e. The molecule has 0 aromatic heterocycles. The van der Waals surface area contributed by atoms with Gasteiger partial charge < -0.3 is 14.7 Å². The lowest BCUT2D eigenvalue weighted by molar-refractivity contribution is -0.0990. The standard InChI is InChI=1S/C23H29NO2.ClH/c1-22(2,3)23(25)12-14-24(15-13-23)16-19-17-8-4-6-10-20(17)26-21-11-7-5-9-18(19)21;/h4-11,19,25H,12-16H2,1-3H3;1H. The number of rotatable bonds is 2. The summed E-state index contributed by atoms with van der Waals surface area (Å²) in [5.74, 6) is 2.26. The first-order valence-corrected chi connectivity index (χ1v) is 9.68. The number of fused-ring (bicyclic) bond motifs is 2. The quantitative estimate of drug-likeness (QED) is 0.766. The Morgan fingerprint density at radius 2 is 1.44 bits per heavy atom. The second-order valence-electron chi connectivity index (χ2n) is 8.81. The van der Waals surface area contributed by atoms with Crippen LogP contribution in [0.1, 0.15) is 50.7 Å². The molecular weight excluding hydrogens is 358 g/mol. The first-order chi connectivity index (χ1) is 12.4. The minimum absolute atomic E-state index is 0. The third-order valence-electron chi connectivity index (χ3n) is 6.33. The minimum Gasteiger partial charge on any atom is -0.457 e. The molecule has 0 aliphatic carbocycles. The minimum atomic E-state index is -0.561. The van der Waals surface area contributed by atoms with E-state index in [1.54, 1.807) is 0 Å². The topological polar surface area (TPSA) is 32.7 Å². The molecule has 2 aliphatic rings. The van der Waals surface area contributed by atoms with E-state index in [-0.39, 0.29) is 17.8 Å². The van der Waals surface area contributed by atoms with Gasteiger partial charge in [0.15, 0.2) is 0 Å². The van der Waals surface area contributed by atoms with Crippen molar-refractivity contribution in [2.24, 2.45) is 5.41 Å². The highest BCUT2D eigenvalue weighted by atomic mass is 35.5. The normalized spacial score (nSPS) is 19.4. The molecule has 0 atom stereocenters. The molecule has 0 radical (unpaired) electrons. The van der Waals surface area contributed by atoms with Crippen LogP contribution in [-0.2, 0) is 0 Å². The van der Waals surface area contributed by atoms with E-state index in [0.29, 0.717) is 5.92 Å². The molecule has 2 aromatic carbocycles. The van der Waals surface area contributed by atoms with E-state index in [9.17, 15) is 5.11 Å². The Bertz CT molecular complexity index is 745. The first-order valence-electron chi connectivity index (χ1n) is 9.68. The van der Waals surface area contributed by atoms with Gasteiger partial charge in [-0.05, 0) is 30.4 Å². The molecule has 3 nitrogen and oxygen atoms in total. The van der Waals surface area contributed by atoms with Gasteiger partial charge in [-0.2, -0.15) is 0 Å². The molecule has 1 N–H and O–H groups in total. The van der Waals surface area contributed by atoms with Crippen LogP contribution in [0.3, 0.4) is 0 Å². The largest absolute Gasteiger partial charge is 0.457 e. The monoisotopic (exact) mass is 387 g/mol. The summed E-state index contributed by atoms with van der Waals surface area (Å²) in [5.41, 5.74) is 1.90. The molecule has 2 heterocycles. The lowest BCUT2D eigenvalue weighted by Gasteiger charge is -2.47. The van der Waals surface area contributed by atoms with Crippen LogP contribution in [0, 0.1) is 5.41 Å². The van der Waals surface area contributed by atoms with Gasteiger partial charge in [-0.25, -0.2) is 0 Å². The zero-order valence-electron chi connectivity index (χ0n) is 16.4. The Kier molecular flexibility index (Phi) is 5.58. The number of hydrogen-bond acceptors (Lipinski definition) is 3. The summed E-state index contributed by atoms with van der Waals surface area (Å²) in [6.07, 6.45) is 1.67. The fourth-order valence-corrected chi connectivity index (χ4v) is 4.32. The molecule has 0 amide bonds. The first kappa shape index (κ1) is 20.2. The number of para-hydroxylation sites is 2. The Balaban J connectivity index is 0.00000210. The predicted molar refractivity (Wildman–Crippen MR) is 112 cm³/mol.